The van der Waals surface area contributed by atoms with Crippen molar-refractivity contribution in [1.29, 1.82) is 0 Å². The molecule has 1 spiro atoms. The number of carbonyl (C=O) groups is 3. The fourth-order valence-corrected chi connectivity index (χ4v) is 13.4. The molecule has 2 unspecified atom stereocenters. The number of nitrogens with two attached hydrogens (primary N) is 1. The summed E-state index contributed by atoms with van der Waals surface area (Å²) in [7, 11) is 0. The van der Waals surface area contributed by atoms with Crippen LogP contribution in [-0.4, -0.2) is 145 Å². The molecule has 2 aromatic carbocycles. The molecule has 5 aromatic rings. The second-order valence-corrected chi connectivity index (χ2v) is 23.4. The van der Waals surface area contributed by atoms with Crippen LogP contribution in [0.25, 0.3) is 21.7 Å². The lowest BCUT2D eigenvalue weighted by Gasteiger charge is -2.60. The Hall–Kier alpha value is -6.44. The van der Waals surface area contributed by atoms with Gasteiger partial charge in [0, 0.05) is 88.4 Å². The number of β-amino-alcohol motifs (C(OH)–C–C–N with tert-alkyl or cyclic N) is 1. The van der Waals surface area contributed by atoms with Crippen LogP contribution >= 0.6 is 11.3 Å². The number of benzene rings is 2. The van der Waals surface area contributed by atoms with Crippen molar-refractivity contribution in [3.63, 3.8) is 0 Å². The summed E-state index contributed by atoms with van der Waals surface area (Å²) in [6.07, 6.45) is 9.11. The molecule has 6 aliphatic rings. The number of fused-ring (bicyclic) bond motifs is 2. The highest BCUT2D eigenvalue weighted by Gasteiger charge is 2.57. The molecule has 18 nitrogen and oxygen atoms in total. The van der Waals surface area contributed by atoms with Crippen molar-refractivity contribution >= 4 is 52.2 Å². The molecule has 5 atom stereocenters. The summed E-state index contributed by atoms with van der Waals surface area (Å²) < 4.78 is 0. The van der Waals surface area contributed by atoms with Gasteiger partial charge in [0.15, 0.2) is 5.82 Å². The molecule has 3 aromatic heterocycles. The number of aliphatic hydroxyl groups excluding tert-OH is 1. The van der Waals surface area contributed by atoms with Crippen molar-refractivity contribution in [2.45, 2.75) is 115 Å². The van der Waals surface area contributed by atoms with E-state index >= 15 is 0 Å². The number of aryl methyl sites for hydroxylation is 1. The summed E-state index contributed by atoms with van der Waals surface area (Å²) >= 11 is 1.59. The standard InChI is InChI=1S/C54H67N13O5S/c1-32-46(73-31-59-32)34-11-9-33(10-12-34)25-56-50(71)44-19-40(68)30-66(44)51(72)47(53(2,3)4)60-49(70)35-21-54(22-35)23-38(24-54)63-15-17-64(18-16-63)39-26-57-52(58-27-39)67-36-13-14-37(67)29-65(28-36)43-20-42(61-62-48(43)55)41-7-5-6-8-45(41)69/h5-12,20,26-27,31,35-38,40,44,47,68-69H,13-19,21-25,28-30H2,1-4H3,(H2,55,62)(H,56,71)(H,60,70)/t35?,36?,37?,38?,40-,44+,47-,54?/m1/s1. The van der Waals surface area contributed by atoms with Gasteiger partial charge < -0.3 is 46.2 Å². The number of thiazole rings is 1. The van der Waals surface area contributed by atoms with Crippen LogP contribution in [0.4, 0.5) is 23.1 Å². The maximum atomic E-state index is 14.3. The molecule has 7 heterocycles. The van der Waals surface area contributed by atoms with E-state index in [1.165, 1.54) is 4.90 Å². The highest BCUT2D eigenvalue weighted by atomic mass is 32.1. The number of phenols is 1. The van der Waals surface area contributed by atoms with Crippen molar-refractivity contribution in [2.75, 3.05) is 66.2 Å². The van der Waals surface area contributed by atoms with Crippen molar-refractivity contribution < 1.29 is 24.6 Å². The summed E-state index contributed by atoms with van der Waals surface area (Å²) in [5.74, 6) is 0.366. The SMILES string of the molecule is Cc1ncsc1-c1ccc(CNC(=O)[C@@H]2C[C@@H](O)CN2C(=O)[C@@H](NC(=O)C2CC3(C2)CC(N2CCN(c4cnc(N5C6CCC5CN(c5cc(-c7ccccc7O)nnc5N)C6)nc4)CC2)C3)C(C)(C)C)cc1. The Labute approximate surface area is 430 Å². The molecular weight excluding hydrogens is 943 g/mol. The van der Waals surface area contributed by atoms with E-state index in [2.05, 4.69) is 45.4 Å². The van der Waals surface area contributed by atoms with Crippen LogP contribution in [0.15, 0.2) is 72.5 Å². The number of rotatable bonds is 12. The summed E-state index contributed by atoms with van der Waals surface area (Å²) in [4.78, 5) is 68.2. The van der Waals surface area contributed by atoms with E-state index in [4.69, 9.17) is 15.7 Å². The lowest BCUT2D eigenvalue weighted by Crippen LogP contribution is -2.63. The molecule has 2 saturated carbocycles. The predicted octanol–water partition coefficient (Wildman–Crippen LogP) is 5.00. The molecule has 2 bridgehead atoms. The van der Waals surface area contributed by atoms with E-state index in [-0.39, 0.29) is 66.4 Å². The van der Waals surface area contributed by atoms with Gasteiger partial charge in [0.1, 0.15) is 17.8 Å². The number of hydrogen-bond acceptors (Lipinski definition) is 16. The molecule has 4 saturated heterocycles. The van der Waals surface area contributed by atoms with E-state index in [9.17, 15) is 24.6 Å². The Morgan fingerprint density at radius 1 is 0.863 bits per heavy atom. The molecule has 6 N–H and O–H groups in total. The van der Waals surface area contributed by atoms with Crippen molar-refractivity contribution in [2.24, 2.45) is 16.7 Å². The van der Waals surface area contributed by atoms with Gasteiger partial charge >= 0.3 is 0 Å². The summed E-state index contributed by atoms with van der Waals surface area (Å²) in [5, 5.41) is 35.8. The average molecular weight is 1010 g/mol. The Morgan fingerprint density at radius 3 is 2.22 bits per heavy atom. The smallest absolute Gasteiger partial charge is 0.246 e. The van der Waals surface area contributed by atoms with E-state index < -0.39 is 23.6 Å². The number of anilines is 4. The van der Waals surface area contributed by atoms with Gasteiger partial charge in [-0.3, -0.25) is 19.3 Å². The summed E-state index contributed by atoms with van der Waals surface area (Å²) in [6, 6.07) is 16.3. The Morgan fingerprint density at radius 2 is 1.56 bits per heavy atom. The van der Waals surface area contributed by atoms with Gasteiger partial charge in [-0.2, -0.15) is 0 Å². The Bertz CT molecular complexity index is 2820. The fourth-order valence-electron chi connectivity index (χ4n) is 12.6. The number of hydrogen-bond donors (Lipinski definition) is 5. The van der Waals surface area contributed by atoms with Crippen LogP contribution in [-0.2, 0) is 20.9 Å². The number of nitrogen functional groups attached to an aromatic ring is 1. The molecule has 2 aliphatic carbocycles. The fraction of sp³-hybridized carbons (Fsp3) is 0.519. The van der Waals surface area contributed by atoms with E-state index in [0.717, 1.165) is 117 Å². The molecule has 19 heteroatoms. The van der Waals surface area contributed by atoms with Gasteiger partial charge in [0.05, 0.1) is 51.6 Å². The zero-order valence-corrected chi connectivity index (χ0v) is 43.0. The average Bonchev–Trinajstić information content (AvgIpc) is 4.05. The number of carbonyl (C=O) groups excluding carboxylic acids is 3. The molecule has 6 fully saturated rings. The lowest BCUT2D eigenvalue weighted by molar-refractivity contribution is -0.150. The van der Waals surface area contributed by atoms with Gasteiger partial charge in [0.25, 0.3) is 0 Å². The van der Waals surface area contributed by atoms with Crippen molar-refractivity contribution in [3.8, 4) is 27.4 Å². The highest BCUT2D eigenvalue weighted by molar-refractivity contribution is 7.13. The molecule has 11 rings (SSSR count). The number of piperazine rings is 2. The first kappa shape index (κ1) is 48.8. The maximum absolute atomic E-state index is 14.3. The van der Waals surface area contributed by atoms with Crippen LogP contribution < -0.4 is 31.1 Å². The maximum Gasteiger partial charge on any atom is 0.246 e. The third-order valence-electron chi connectivity index (χ3n) is 16.6. The van der Waals surface area contributed by atoms with Gasteiger partial charge in [0.2, 0.25) is 23.7 Å². The Balaban J connectivity index is 0.631. The number of nitrogens with zero attached hydrogens (tertiary/aromatic N) is 10. The van der Waals surface area contributed by atoms with Crippen molar-refractivity contribution in [1.82, 2.24) is 45.6 Å². The molecule has 384 valence electrons. The zero-order chi connectivity index (χ0) is 50.8. The van der Waals surface area contributed by atoms with Crippen LogP contribution in [0.3, 0.4) is 0 Å². The van der Waals surface area contributed by atoms with Gasteiger partial charge in [-0.25, -0.2) is 15.0 Å². The number of aromatic hydroxyl groups is 1. The van der Waals surface area contributed by atoms with Gasteiger partial charge in [-0.1, -0.05) is 57.2 Å². The number of para-hydroxylation sites is 1. The largest absolute Gasteiger partial charge is 0.507 e. The van der Waals surface area contributed by atoms with Gasteiger partial charge in [-0.15, -0.1) is 21.5 Å². The van der Waals surface area contributed by atoms with E-state index in [0.29, 0.717) is 23.1 Å². The molecule has 0 radical (unpaired) electrons. The number of amides is 3. The third-order valence-corrected chi connectivity index (χ3v) is 17.6. The first-order valence-electron chi connectivity index (χ1n) is 25.9. The second-order valence-electron chi connectivity index (χ2n) is 22.5. The van der Waals surface area contributed by atoms with Crippen molar-refractivity contribution in [3.05, 3.63) is 83.8 Å². The minimum atomic E-state index is -0.846. The zero-order valence-electron chi connectivity index (χ0n) is 42.2. The van der Waals surface area contributed by atoms with E-state index in [1.54, 1.807) is 23.5 Å². The number of likely N-dealkylation sites (tertiary alicyclic amines) is 1. The van der Waals surface area contributed by atoms with E-state index in [1.807, 2.05) is 88.1 Å². The summed E-state index contributed by atoms with van der Waals surface area (Å²) in [5.41, 5.74) is 13.8. The number of nitrogens with one attached hydrogen (secondary N) is 2. The quantitative estimate of drug-likeness (QED) is 0.111. The number of aromatic nitrogens is 5. The molecule has 3 amide bonds. The normalized spacial score (nSPS) is 26.4. The first-order chi connectivity index (χ1) is 35.1. The van der Waals surface area contributed by atoms with Crippen LogP contribution in [0.5, 0.6) is 5.75 Å². The molecule has 73 heavy (non-hydrogen) atoms. The van der Waals surface area contributed by atoms with Gasteiger partial charge in [-0.05, 0) is 85.6 Å². The minimum absolute atomic E-state index is 0.0408. The number of aliphatic hydroxyl groups is 1. The predicted molar refractivity (Wildman–Crippen MR) is 281 cm³/mol. The van der Waals surface area contributed by atoms with Crippen LogP contribution in [0.2, 0.25) is 0 Å². The molecule has 4 aliphatic heterocycles. The highest BCUT2D eigenvalue weighted by Crippen LogP contribution is 2.60. The third kappa shape index (κ3) is 9.66. The molecular formula is C54H67N13O5S. The summed E-state index contributed by atoms with van der Waals surface area (Å²) in [6.45, 7) is 13.3. The van der Waals surface area contributed by atoms with Crippen LogP contribution in [0, 0.1) is 23.7 Å². The topological polar surface area (TPSA) is 222 Å². The minimum Gasteiger partial charge on any atom is -0.507 e. The Kier molecular flexibility index (Phi) is 13.0. The lowest BCUT2D eigenvalue weighted by atomic mass is 9.49. The number of phenolic OH excluding ortho intramolecular Hbond substituents is 1. The first-order valence-corrected chi connectivity index (χ1v) is 26.8. The van der Waals surface area contributed by atoms with Crippen LogP contribution in [0.1, 0.15) is 77.0 Å². The monoisotopic (exact) mass is 1010 g/mol. The second kappa shape index (κ2) is 19.4.